The molecule has 0 aliphatic rings. The Morgan fingerprint density at radius 1 is 1.25 bits per heavy atom. The molecule has 1 amide bonds. The zero-order valence-electron chi connectivity index (χ0n) is 17.8. The number of anilines is 1. The number of rotatable bonds is 10. The summed E-state index contributed by atoms with van der Waals surface area (Å²) in [5.74, 6) is 1.21. The van der Waals surface area contributed by atoms with Crippen molar-refractivity contribution in [2.45, 2.75) is 43.8 Å². The average molecular weight is 491 g/mol. The molecule has 0 saturated heterocycles. The summed E-state index contributed by atoms with van der Waals surface area (Å²) in [5.41, 5.74) is 1.75. The summed E-state index contributed by atoms with van der Waals surface area (Å²) < 4.78 is 7.76. The molecule has 1 heterocycles. The van der Waals surface area contributed by atoms with Gasteiger partial charge in [0.1, 0.15) is 12.4 Å². The molecule has 32 heavy (non-hydrogen) atoms. The van der Waals surface area contributed by atoms with Crippen LogP contribution in [-0.4, -0.2) is 25.9 Å². The van der Waals surface area contributed by atoms with Gasteiger partial charge in [0.15, 0.2) is 11.0 Å². The van der Waals surface area contributed by atoms with Gasteiger partial charge >= 0.3 is 0 Å². The average Bonchev–Trinajstić information content (AvgIpc) is 3.16. The molecule has 168 valence electrons. The van der Waals surface area contributed by atoms with Gasteiger partial charge in [-0.2, -0.15) is 0 Å². The highest BCUT2D eigenvalue weighted by molar-refractivity contribution is 8.00. The summed E-state index contributed by atoms with van der Waals surface area (Å²) in [6.45, 7) is 8.47. The van der Waals surface area contributed by atoms with E-state index in [1.54, 1.807) is 31.2 Å². The van der Waals surface area contributed by atoms with Crippen molar-refractivity contribution in [3.05, 3.63) is 76.6 Å². The lowest BCUT2D eigenvalue weighted by atomic mass is 10.2. The van der Waals surface area contributed by atoms with Gasteiger partial charge in [0, 0.05) is 11.6 Å². The van der Waals surface area contributed by atoms with E-state index in [0.29, 0.717) is 33.3 Å². The topological polar surface area (TPSA) is 69.0 Å². The van der Waals surface area contributed by atoms with Gasteiger partial charge in [-0.3, -0.25) is 9.36 Å². The van der Waals surface area contributed by atoms with Crippen LogP contribution in [-0.2, 0) is 24.4 Å². The summed E-state index contributed by atoms with van der Waals surface area (Å²) in [6, 6.07) is 12.9. The molecule has 0 aliphatic heterocycles. The number of aromatic nitrogens is 3. The predicted octanol–water partition coefficient (Wildman–Crippen LogP) is 6.03. The maximum absolute atomic E-state index is 12.7. The van der Waals surface area contributed by atoms with Crippen molar-refractivity contribution in [2.75, 3.05) is 5.32 Å². The minimum absolute atomic E-state index is 0.207. The van der Waals surface area contributed by atoms with Crippen LogP contribution in [0.3, 0.4) is 0 Å². The summed E-state index contributed by atoms with van der Waals surface area (Å²) >= 11 is 13.4. The lowest BCUT2D eigenvalue weighted by Crippen LogP contribution is -2.23. The van der Waals surface area contributed by atoms with Crippen molar-refractivity contribution >= 4 is 46.6 Å². The van der Waals surface area contributed by atoms with Crippen LogP contribution in [0.5, 0.6) is 5.75 Å². The van der Waals surface area contributed by atoms with E-state index < -0.39 is 5.25 Å². The van der Waals surface area contributed by atoms with Crippen LogP contribution in [0, 0.1) is 0 Å². The Bertz CT molecular complexity index is 1090. The normalized spacial score (nSPS) is 11.8. The van der Waals surface area contributed by atoms with Crippen LogP contribution < -0.4 is 10.1 Å². The van der Waals surface area contributed by atoms with Gasteiger partial charge in [-0.1, -0.05) is 60.1 Å². The Hall–Kier alpha value is -2.48. The number of benzene rings is 2. The Morgan fingerprint density at radius 2 is 2.00 bits per heavy atom. The number of hydrogen-bond acceptors (Lipinski definition) is 5. The minimum atomic E-state index is -0.440. The number of allylic oxidation sites excluding steroid dienone is 1. The van der Waals surface area contributed by atoms with Gasteiger partial charge in [-0.25, -0.2) is 0 Å². The second-order valence-corrected chi connectivity index (χ2v) is 9.11. The van der Waals surface area contributed by atoms with Crippen molar-refractivity contribution < 1.29 is 9.53 Å². The molecular formula is C23H24Cl2N4O2S. The monoisotopic (exact) mass is 490 g/mol. The number of thioether (sulfide) groups is 1. The van der Waals surface area contributed by atoms with Crippen LogP contribution in [0.15, 0.2) is 60.3 Å². The molecule has 0 fully saturated rings. The first-order valence-electron chi connectivity index (χ1n) is 10.1. The molecule has 0 aliphatic carbocycles. The molecule has 0 bridgehead atoms. The lowest BCUT2D eigenvalue weighted by molar-refractivity contribution is -0.115. The zero-order valence-corrected chi connectivity index (χ0v) is 20.2. The summed E-state index contributed by atoms with van der Waals surface area (Å²) in [7, 11) is 0. The molecule has 9 heteroatoms. The van der Waals surface area contributed by atoms with E-state index in [-0.39, 0.29) is 12.5 Å². The first-order chi connectivity index (χ1) is 15.4. The second-order valence-electron chi connectivity index (χ2n) is 6.96. The van der Waals surface area contributed by atoms with Gasteiger partial charge in [0.25, 0.3) is 0 Å². The number of aryl methyl sites for hydroxylation is 1. The van der Waals surface area contributed by atoms with Crippen molar-refractivity contribution in [2.24, 2.45) is 0 Å². The number of nitrogens with one attached hydrogen (secondary N) is 1. The minimum Gasteiger partial charge on any atom is -0.486 e. The second kappa shape index (κ2) is 11.4. The third kappa shape index (κ3) is 6.28. The zero-order chi connectivity index (χ0) is 23.1. The fraction of sp³-hybridized carbons (Fsp3) is 0.261. The predicted molar refractivity (Wildman–Crippen MR) is 131 cm³/mol. The summed E-state index contributed by atoms with van der Waals surface area (Å²) in [6.07, 6.45) is 2.73. The van der Waals surface area contributed by atoms with E-state index in [1.807, 2.05) is 28.8 Å². The molecule has 3 aromatic rings. The van der Waals surface area contributed by atoms with Crippen molar-refractivity contribution in [1.82, 2.24) is 14.8 Å². The number of carbonyl (C=O) groups excluding carboxylic acids is 1. The molecule has 0 radical (unpaired) electrons. The fourth-order valence-corrected chi connectivity index (χ4v) is 4.16. The van der Waals surface area contributed by atoms with Gasteiger partial charge < -0.3 is 10.1 Å². The molecule has 3 rings (SSSR count). The van der Waals surface area contributed by atoms with Crippen molar-refractivity contribution in [3.8, 4) is 5.75 Å². The fourth-order valence-electron chi connectivity index (χ4n) is 2.83. The number of amides is 1. The number of nitrogens with zero attached hydrogens (tertiary/aromatic N) is 3. The molecule has 1 N–H and O–H groups in total. The molecule has 0 unspecified atom stereocenters. The van der Waals surface area contributed by atoms with Gasteiger partial charge in [-0.05, 0) is 49.2 Å². The highest BCUT2D eigenvalue weighted by Crippen LogP contribution is 2.28. The van der Waals surface area contributed by atoms with Gasteiger partial charge in [0.05, 0.1) is 16.0 Å². The van der Waals surface area contributed by atoms with E-state index in [1.165, 1.54) is 17.3 Å². The molecule has 0 spiro atoms. The standard InChI is InChI=1S/C23H24Cl2N4O2S/c1-4-12-29-21(14-31-18-9-6-16(5-2)7-10-18)27-28-23(29)32-15(3)22(30)26-20-11-8-17(24)13-19(20)25/h4,6-11,13,15H,1,5,12,14H2,2-3H3,(H,26,30)/t15-/m1/s1. The molecule has 2 aromatic carbocycles. The summed E-state index contributed by atoms with van der Waals surface area (Å²) in [4.78, 5) is 12.7. The number of hydrogen-bond donors (Lipinski definition) is 1. The van der Waals surface area contributed by atoms with E-state index in [9.17, 15) is 4.79 Å². The maximum atomic E-state index is 12.7. The van der Waals surface area contributed by atoms with Crippen LogP contribution >= 0.6 is 35.0 Å². The van der Waals surface area contributed by atoms with E-state index >= 15 is 0 Å². The summed E-state index contributed by atoms with van der Waals surface area (Å²) in [5, 5.41) is 12.4. The van der Waals surface area contributed by atoms with E-state index in [0.717, 1.165) is 12.2 Å². The molecule has 1 atom stereocenters. The molecule has 6 nitrogen and oxygen atoms in total. The van der Waals surface area contributed by atoms with E-state index in [4.69, 9.17) is 27.9 Å². The first kappa shape index (κ1) is 24.2. The van der Waals surface area contributed by atoms with E-state index in [2.05, 4.69) is 29.0 Å². The van der Waals surface area contributed by atoms with Crippen LogP contribution in [0.2, 0.25) is 10.0 Å². The quantitative estimate of drug-likeness (QED) is 0.277. The number of carbonyl (C=O) groups is 1. The molecule has 0 saturated carbocycles. The molecule has 1 aromatic heterocycles. The third-order valence-electron chi connectivity index (χ3n) is 4.65. The van der Waals surface area contributed by atoms with Crippen molar-refractivity contribution in [3.63, 3.8) is 0 Å². The highest BCUT2D eigenvalue weighted by atomic mass is 35.5. The highest BCUT2D eigenvalue weighted by Gasteiger charge is 2.21. The van der Waals surface area contributed by atoms with Gasteiger partial charge in [-0.15, -0.1) is 16.8 Å². The Morgan fingerprint density at radius 3 is 2.66 bits per heavy atom. The van der Waals surface area contributed by atoms with Crippen LogP contribution in [0.1, 0.15) is 25.2 Å². The lowest BCUT2D eigenvalue weighted by Gasteiger charge is -2.14. The Kier molecular flexibility index (Phi) is 8.61. The Labute approximate surface area is 202 Å². The number of halogens is 2. The molecular weight excluding hydrogens is 467 g/mol. The SMILES string of the molecule is C=CCn1c(COc2ccc(CC)cc2)nnc1S[C@H](C)C(=O)Nc1ccc(Cl)cc1Cl. The third-order valence-corrected chi connectivity index (χ3v) is 6.27. The Balaban J connectivity index is 1.66. The van der Waals surface area contributed by atoms with Crippen LogP contribution in [0.4, 0.5) is 5.69 Å². The van der Waals surface area contributed by atoms with Crippen LogP contribution in [0.25, 0.3) is 0 Å². The first-order valence-corrected chi connectivity index (χ1v) is 11.7. The largest absolute Gasteiger partial charge is 0.486 e. The smallest absolute Gasteiger partial charge is 0.237 e. The van der Waals surface area contributed by atoms with Crippen molar-refractivity contribution in [1.29, 1.82) is 0 Å². The number of ether oxygens (including phenoxy) is 1. The maximum Gasteiger partial charge on any atom is 0.237 e. The van der Waals surface area contributed by atoms with Gasteiger partial charge in [0.2, 0.25) is 5.91 Å².